The lowest BCUT2D eigenvalue weighted by Gasteiger charge is -2.08. The van der Waals surface area contributed by atoms with Gasteiger partial charge in [-0.15, -0.1) is 0 Å². The van der Waals surface area contributed by atoms with E-state index in [2.05, 4.69) is 26.2 Å². The Morgan fingerprint density at radius 3 is 2.74 bits per heavy atom. The second-order valence-electron chi connectivity index (χ2n) is 3.61. The third kappa shape index (κ3) is 3.12. The van der Waals surface area contributed by atoms with Gasteiger partial charge >= 0.3 is 5.69 Å². The van der Waals surface area contributed by atoms with Crippen LogP contribution in [-0.2, 0) is 0 Å². The van der Waals surface area contributed by atoms with E-state index in [1.54, 1.807) is 18.2 Å². The summed E-state index contributed by atoms with van der Waals surface area (Å²) in [7, 11) is 0. The Bertz CT molecular complexity index is 651. The van der Waals surface area contributed by atoms with Crippen LogP contribution in [0.1, 0.15) is 0 Å². The van der Waals surface area contributed by atoms with Crippen LogP contribution in [0.25, 0.3) is 0 Å². The van der Waals surface area contributed by atoms with Gasteiger partial charge in [0, 0.05) is 10.5 Å². The average Bonchev–Trinajstić information content (AvgIpc) is 2.33. The van der Waals surface area contributed by atoms with E-state index in [4.69, 9.17) is 17.3 Å². The van der Waals surface area contributed by atoms with Gasteiger partial charge in [0.05, 0.1) is 15.6 Å². The van der Waals surface area contributed by atoms with Gasteiger partial charge in [-0.25, -0.2) is 4.98 Å². The summed E-state index contributed by atoms with van der Waals surface area (Å²) in [6, 6.07) is 8.03. The van der Waals surface area contributed by atoms with Gasteiger partial charge in [0.25, 0.3) is 0 Å². The molecule has 6 nitrogen and oxygen atoms in total. The highest BCUT2D eigenvalue weighted by Gasteiger charge is 2.13. The van der Waals surface area contributed by atoms with E-state index in [0.29, 0.717) is 16.5 Å². The molecule has 0 radical (unpaired) electrons. The summed E-state index contributed by atoms with van der Waals surface area (Å²) in [5.41, 5.74) is 5.90. The van der Waals surface area contributed by atoms with Crippen LogP contribution < -0.4 is 11.1 Å². The first-order valence-electron chi connectivity index (χ1n) is 5.10. The van der Waals surface area contributed by atoms with Crippen LogP contribution in [-0.4, -0.2) is 9.91 Å². The van der Waals surface area contributed by atoms with Crippen molar-refractivity contribution in [3.63, 3.8) is 0 Å². The molecule has 8 heteroatoms. The molecule has 98 valence electrons. The lowest BCUT2D eigenvalue weighted by molar-refractivity contribution is -0.384. The van der Waals surface area contributed by atoms with Crippen molar-refractivity contribution < 1.29 is 4.92 Å². The highest BCUT2D eigenvalue weighted by molar-refractivity contribution is 9.10. The quantitative estimate of drug-likeness (QED) is 0.654. The van der Waals surface area contributed by atoms with Gasteiger partial charge in [-0.1, -0.05) is 27.5 Å². The molecule has 1 heterocycles. The number of rotatable bonds is 3. The van der Waals surface area contributed by atoms with Crippen molar-refractivity contribution >= 4 is 50.5 Å². The minimum Gasteiger partial charge on any atom is -0.378 e. The molecule has 1 aromatic heterocycles. The van der Waals surface area contributed by atoms with E-state index in [1.807, 2.05) is 0 Å². The molecule has 1 aromatic carbocycles. The molecule has 0 aliphatic carbocycles. The molecule has 2 rings (SSSR count). The number of pyridine rings is 1. The molecule has 0 unspecified atom stereocenters. The number of anilines is 3. The summed E-state index contributed by atoms with van der Waals surface area (Å²) in [6.45, 7) is 0. The van der Waals surface area contributed by atoms with E-state index in [9.17, 15) is 10.1 Å². The van der Waals surface area contributed by atoms with Crippen molar-refractivity contribution in [3.05, 3.63) is 49.9 Å². The smallest absolute Gasteiger partial charge is 0.311 e. The molecule has 0 saturated heterocycles. The van der Waals surface area contributed by atoms with Gasteiger partial charge in [0.1, 0.15) is 5.82 Å². The maximum Gasteiger partial charge on any atom is 0.311 e. The molecule has 0 aliphatic rings. The third-order valence-corrected chi connectivity index (χ3v) is 3.11. The molecule has 19 heavy (non-hydrogen) atoms. The molecule has 0 amide bonds. The Kier molecular flexibility index (Phi) is 3.87. The third-order valence-electron chi connectivity index (χ3n) is 2.29. The number of nitrogens with two attached hydrogens (primary N) is 1. The molecule has 0 fully saturated rings. The van der Waals surface area contributed by atoms with E-state index >= 15 is 0 Å². The predicted octanol–water partition coefficient (Wildman–Crippen LogP) is 3.73. The Balaban J connectivity index is 2.31. The second-order valence-corrected chi connectivity index (χ2v) is 4.93. The maximum atomic E-state index is 10.6. The molecular weight excluding hydrogens is 336 g/mol. The fourth-order valence-corrected chi connectivity index (χ4v) is 1.95. The Hall–Kier alpha value is -1.86. The lowest BCUT2D eigenvalue weighted by Crippen LogP contribution is -2.01. The zero-order valence-corrected chi connectivity index (χ0v) is 11.8. The Morgan fingerprint density at radius 2 is 2.11 bits per heavy atom. The molecule has 0 saturated carbocycles. The van der Waals surface area contributed by atoms with Crippen LogP contribution in [0.2, 0.25) is 5.02 Å². The number of halogens is 2. The van der Waals surface area contributed by atoms with Crippen LogP contribution in [0.3, 0.4) is 0 Å². The second kappa shape index (κ2) is 5.41. The number of nitrogen functional groups attached to an aromatic ring is 1. The number of nitro groups is 1. The summed E-state index contributed by atoms with van der Waals surface area (Å²) >= 11 is 9.34. The minimum absolute atomic E-state index is 0.152. The van der Waals surface area contributed by atoms with Gasteiger partial charge in [0.2, 0.25) is 5.82 Å². The van der Waals surface area contributed by atoms with Crippen LogP contribution in [0.4, 0.5) is 23.0 Å². The summed E-state index contributed by atoms with van der Waals surface area (Å²) in [5.74, 6) is 0.226. The topological polar surface area (TPSA) is 94.1 Å². The number of hydrogen-bond acceptors (Lipinski definition) is 5. The fraction of sp³-hybridized carbons (Fsp3) is 0. The van der Waals surface area contributed by atoms with Gasteiger partial charge in [0.15, 0.2) is 0 Å². The molecule has 2 aromatic rings. The number of aromatic nitrogens is 1. The van der Waals surface area contributed by atoms with Gasteiger partial charge in [-0.05, 0) is 24.3 Å². The maximum absolute atomic E-state index is 10.6. The number of hydrogen-bond donors (Lipinski definition) is 2. The standard InChI is InChI=1S/C11H8BrClN4O2/c12-6-1-2-7(13)8(5-6)15-10-4-3-9(17(18)19)11(14)16-10/h1-5H,(H3,14,15,16). The first kappa shape index (κ1) is 13.6. The first-order valence-corrected chi connectivity index (χ1v) is 6.27. The van der Waals surface area contributed by atoms with Crippen molar-refractivity contribution in [3.8, 4) is 0 Å². The lowest BCUT2D eigenvalue weighted by atomic mass is 10.3. The monoisotopic (exact) mass is 342 g/mol. The van der Waals surface area contributed by atoms with Gasteiger partial charge in [-0.2, -0.15) is 0 Å². The zero-order valence-electron chi connectivity index (χ0n) is 9.43. The van der Waals surface area contributed by atoms with Crippen LogP contribution in [0, 0.1) is 10.1 Å². The zero-order chi connectivity index (χ0) is 14.0. The first-order chi connectivity index (χ1) is 8.97. The van der Waals surface area contributed by atoms with Crippen LogP contribution >= 0.6 is 27.5 Å². The van der Waals surface area contributed by atoms with E-state index in [1.165, 1.54) is 12.1 Å². The Morgan fingerprint density at radius 1 is 1.37 bits per heavy atom. The largest absolute Gasteiger partial charge is 0.378 e. The van der Waals surface area contributed by atoms with Crippen molar-refractivity contribution in [2.75, 3.05) is 11.1 Å². The van der Waals surface area contributed by atoms with Crippen molar-refractivity contribution in [1.82, 2.24) is 4.98 Å². The number of nitrogens with zero attached hydrogens (tertiary/aromatic N) is 2. The minimum atomic E-state index is -0.585. The van der Waals surface area contributed by atoms with Crippen LogP contribution in [0.5, 0.6) is 0 Å². The van der Waals surface area contributed by atoms with Crippen molar-refractivity contribution in [1.29, 1.82) is 0 Å². The fourth-order valence-electron chi connectivity index (χ4n) is 1.42. The molecular formula is C11H8BrClN4O2. The predicted molar refractivity (Wildman–Crippen MR) is 77.7 cm³/mol. The van der Waals surface area contributed by atoms with Crippen LogP contribution in [0.15, 0.2) is 34.8 Å². The highest BCUT2D eigenvalue weighted by atomic mass is 79.9. The van der Waals surface area contributed by atoms with E-state index in [0.717, 1.165) is 4.47 Å². The molecule has 0 bridgehead atoms. The molecule has 0 atom stereocenters. The summed E-state index contributed by atoms with van der Waals surface area (Å²) in [4.78, 5) is 14.0. The average molecular weight is 344 g/mol. The van der Waals surface area contributed by atoms with E-state index in [-0.39, 0.29) is 11.5 Å². The molecule has 0 spiro atoms. The van der Waals surface area contributed by atoms with Gasteiger partial charge in [-0.3, -0.25) is 10.1 Å². The molecule has 3 N–H and O–H groups in total. The normalized spacial score (nSPS) is 10.2. The SMILES string of the molecule is Nc1nc(Nc2cc(Br)ccc2Cl)ccc1[N+](=O)[O-]. The summed E-state index contributed by atoms with van der Waals surface area (Å²) in [5, 5.41) is 14.1. The Labute approximate surface area is 121 Å². The highest BCUT2D eigenvalue weighted by Crippen LogP contribution is 2.29. The van der Waals surface area contributed by atoms with Crippen molar-refractivity contribution in [2.45, 2.75) is 0 Å². The van der Waals surface area contributed by atoms with E-state index < -0.39 is 4.92 Å². The summed E-state index contributed by atoms with van der Waals surface area (Å²) in [6.07, 6.45) is 0. The molecule has 0 aliphatic heterocycles. The number of benzene rings is 1. The summed E-state index contributed by atoms with van der Waals surface area (Å²) < 4.78 is 0.842. The van der Waals surface area contributed by atoms with Crippen molar-refractivity contribution in [2.24, 2.45) is 0 Å². The number of nitrogens with one attached hydrogen (secondary N) is 1. The van der Waals surface area contributed by atoms with Gasteiger partial charge < -0.3 is 11.1 Å².